The molecule has 0 aliphatic heterocycles. The van der Waals surface area contributed by atoms with Crippen molar-refractivity contribution in [2.24, 2.45) is 0 Å². The molecule has 4 nitrogen and oxygen atoms in total. The van der Waals surface area contributed by atoms with Crippen LogP contribution in [0.2, 0.25) is 0 Å². The summed E-state index contributed by atoms with van der Waals surface area (Å²) in [6, 6.07) is 15.2. The third kappa shape index (κ3) is 3.53. The average molecular weight is 380 g/mol. The molecule has 0 fully saturated rings. The number of aliphatic hydroxyl groups excluding tert-OH is 1. The van der Waals surface area contributed by atoms with Gasteiger partial charge in [0, 0.05) is 12.1 Å². The zero-order valence-electron chi connectivity index (χ0n) is 13.8. The number of benzene rings is 2. The van der Waals surface area contributed by atoms with E-state index < -0.39 is 6.10 Å². The molecular weight excluding hydrogens is 364 g/mol. The van der Waals surface area contributed by atoms with Crippen LogP contribution in [0, 0.1) is 0 Å². The van der Waals surface area contributed by atoms with Gasteiger partial charge in [-0.05, 0) is 51.7 Å². The third-order valence-electron chi connectivity index (χ3n) is 4.20. The van der Waals surface area contributed by atoms with Gasteiger partial charge in [0.15, 0.2) is 0 Å². The molecular formula is C20H16N2O2S2. The standard InChI is InChI=1S/C20H16N2O2S2/c23-18(14-3-1-13(2-4-14)16-7-8-25-11-16)10-21-20(24)15-5-6-17-19(9-15)26-12-22-17/h1-9,11-12,18,23H,10H2,(H,21,24). The number of nitrogens with zero attached hydrogens (tertiary/aromatic N) is 1. The van der Waals surface area contributed by atoms with Crippen molar-refractivity contribution in [1.29, 1.82) is 0 Å². The Balaban J connectivity index is 1.39. The van der Waals surface area contributed by atoms with Gasteiger partial charge in [0.25, 0.3) is 5.91 Å². The van der Waals surface area contributed by atoms with E-state index in [0.717, 1.165) is 21.3 Å². The van der Waals surface area contributed by atoms with Crippen molar-refractivity contribution in [3.05, 3.63) is 75.9 Å². The molecule has 26 heavy (non-hydrogen) atoms. The van der Waals surface area contributed by atoms with Crippen molar-refractivity contribution in [1.82, 2.24) is 10.3 Å². The first kappa shape index (κ1) is 16.9. The highest BCUT2D eigenvalue weighted by atomic mass is 32.1. The number of thiazole rings is 1. The monoisotopic (exact) mass is 380 g/mol. The second-order valence-corrected chi connectivity index (χ2v) is 7.56. The van der Waals surface area contributed by atoms with Crippen LogP contribution >= 0.6 is 22.7 Å². The van der Waals surface area contributed by atoms with Crippen LogP contribution in [0.4, 0.5) is 0 Å². The molecule has 0 saturated heterocycles. The molecule has 0 aliphatic rings. The van der Waals surface area contributed by atoms with Crippen LogP contribution in [0.1, 0.15) is 22.0 Å². The largest absolute Gasteiger partial charge is 0.387 e. The van der Waals surface area contributed by atoms with Crippen molar-refractivity contribution >= 4 is 38.8 Å². The van der Waals surface area contributed by atoms with E-state index in [1.54, 1.807) is 22.9 Å². The minimum Gasteiger partial charge on any atom is -0.387 e. The van der Waals surface area contributed by atoms with Gasteiger partial charge in [0.2, 0.25) is 0 Å². The van der Waals surface area contributed by atoms with Crippen LogP contribution in [-0.4, -0.2) is 22.5 Å². The SMILES string of the molecule is O=C(NCC(O)c1ccc(-c2ccsc2)cc1)c1ccc2ncsc2c1. The molecule has 1 atom stereocenters. The van der Waals surface area contributed by atoms with Crippen LogP contribution in [-0.2, 0) is 0 Å². The predicted molar refractivity (Wildman–Crippen MR) is 107 cm³/mol. The number of aromatic nitrogens is 1. The second-order valence-electron chi connectivity index (χ2n) is 5.89. The number of nitrogens with one attached hydrogen (secondary N) is 1. The quantitative estimate of drug-likeness (QED) is 0.536. The molecule has 2 aromatic heterocycles. The van der Waals surface area contributed by atoms with Crippen molar-refractivity contribution < 1.29 is 9.90 Å². The Hall–Kier alpha value is -2.54. The number of amides is 1. The smallest absolute Gasteiger partial charge is 0.251 e. The van der Waals surface area contributed by atoms with E-state index in [2.05, 4.69) is 21.7 Å². The molecule has 1 unspecified atom stereocenters. The zero-order chi connectivity index (χ0) is 17.9. The summed E-state index contributed by atoms with van der Waals surface area (Å²) < 4.78 is 0.974. The van der Waals surface area contributed by atoms with Gasteiger partial charge in [-0.25, -0.2) is 4.98 Å². The van der Waals surface area contributed by atoms with Crippen molar-refractivity contribution in [3.8, 4) is 11.1 Å². The number of fused-ring (bicyclic) bond motifs is 1. The van der Waals surface area contributed by atoms with Gasteiger partial charge < -0.3 is 10.4 Å². The first-order valence-electron chi connectivity index (χ1n) is 8.13. The molecule has 4 aromatic rings. The Bertz CT molecular complexity index is 1020. The fraction of sp³-hybridized carbons (Fsp3) is 0.100. The number of hydrogen-bond donors (Lipinski definition) is 2. The van der Waals surface area contributed by atoms with Gasteiger partial charge in [-0.3, -0.25) is 4.79 Å². The minimum absolute atomic E-state index is 0.164. The lowest BCUT2D eigenvalue weighted by Crippen LogP contribution is -2.28. The van der Waals surface area contributed by atoms with Gasteiger partial charge in [0.05, 0.1) is 21.8 Å². The Morgan fingerprint density at radius 2 is 1.96 bits per heavy atom. The Morgan fingerprint density at radius 3 is 2.73 bits per heavy atom. The average Bonchev–Trinajstić information content (AvgIpc) is 3.37. The summed E-state index contributed by atoms with van der Waals surface area (Å²) in [4.78, 5) is 16.5. The third-order valence-corrected chi connectivity index (χ3v) is 5.67. The molecule has 2 aromatic carbocycles. The van der Waals surface area contributed by atoms with Crippen molar-refractivity contribution in [2.75, 3.05) is 6.54 Å². The molecule has 1 amide bonds. The topological polar surface area (TPSA) is 62.2 Å². The van der Waals surface area contributed by atoms with Crippen LogP contribution in [0.25, 0.3) is 21.3 Å². The fourth-order valence-corrected chi connectivity index (χ4v) is 4.11. The summed E-state index contributed by atoms with van der Waals surface area (Å²) in [5.41, 5.74) is 6.28. The van der Waals surface area contributed by atoms with E-state index in [1.807, 2.05) is 41.8 Å². The summed E-state index contributed by atoms with van der Waals surface area (Å²) in [6.07, 6.45) is -0.748. The molecule has 0 radical (unpaired) electrons. The first-order chi connectivity index (χ1) is 12.7. The van der Waals surface area contributed by atoms with Gasteiger partial charge in [-0.1, -0.05) is 24.3 Å². The molecule has 6 heteroatoms. The highest BCUT2D eigenvalue weighted by Crippen LogP contribution is 2.24. The molecule has 0 spiro atoms. The molecule has 4 rings (SSSR count). The summed E-state index contributed by atoms with van der Waals surface area (Å²) >= 11 is 3.16. The van der Waals surface area contributed by atoms with Crippen molar-refractivity contribution in [3.63, 3.8) is 0 Å². The lowest BCUT2D eigenvalue weighted by Gasteiger charge is -2.13. The lowest BCUT2D eigenvalue weighted by atomic mass is 10.0. The minimum atomic E-state index is -0.748. The number of carbonyl (C=O) groups is 1. The maximum Gasteiger partial charge on any atom is 0.251 e. The fourth-order valence-electron chi connectivity index (χ4n) is 2.73. The van der Waals surface area contributed by atoms with Gasteiger partial charge >= 0.3 is 0 Å². The van der Waals surface area contributed by atoms with E-state index in [-0.39, 0.29) is 12.5 Å². The van der Waals surface area contributed by atoms with Crippen LogP contribution in [0.15, 0.2) is 64.8 Å². The number of hydrogen-bond acceptors (Lipinski definition) is 5. The van der Waals surface area contributed by atoms with Crippen LogP contribution < -0.4 is 5.32 Å². The second kappa shape index (κ2) is 7.37. The molecule has 0 bridgehead atoms. The molecule has 0 aliphatic carbocycles. The number of rotatable bonds is 5. The molecule has 130 valence electrons. The Labute approximate surface area is 158 Å². The summed E-state index contributed by atoms with van der Waals surface area (Å²) in [6.45, 7) is 0.164. The first-order valence-corrected chi connectivity index (χ1v) is 9.95. The van der Waals surface area contributed by atoms with Gasteiger partial charge in [-0.15, -0.1) is 11.3 Å². The van der Waals surface area contributed by atoms with E-state index in [0.29, 0.717) is 5.56 Å². The maximum absolute atomic E-state index is 12.3. The van der Waals surface area contributed by atoms with Gasteiger partial charge in [0.1, 0.15) is 0 Å². The normalized spacial score (nSPS) is 12.2. The number of aliphatic hydroxyl groups is 1. The van der Waals surface area contributed by atoms with Gasteiger partial charge in [-0.2, -0.15) is 11.3 Å². The number of thiophene rings is 1. The van der Waals surface area contributed by atoms with E-state index in [1.165, 1.54) is 16.9 Å². The maximum atomic E-state index is 12.3. The van der Waals surface area contributed by atoms with E-state index >= 15 is 0 Å². The van der Waals surface area contributed by atoms with E-state index in [4.69, 9.17) is 0 Å². The number of carbonyl (C=O) groups excluding carboxylic acids is 1. The summed E-state index contributed by atoms with van der Waals surface area (Å²) in [5.74, 6) is -0.200. The highest BCUT2D eigenvalue weighted by molar-refractivity contribution is 7.16. The molecule has 2 N–H and O–H groups in total. The summed E-state index contributed by atoms with van der Waals surface area (Å²) in [5, 5.41) is 17.3. The molecule has 2 heterocycles. The predicted octanol–water partition coefficient (Wildman–Crippen LogP) is 4.49. The lowest BCUT2D eigenvalue weighted by molar-refractivity contribution is 0.0916. The van der Waals surface area contributed by atoms with Crippen LogP contribution in [0.3, 0.4) is 0 Å². The zero-order valence-corrected chi connectivity index (χ0v) is 15.4. The van der Waals surface area contributed by atoms with E-state index in [9.17, 15) is 9.90 Å². The van der Waals surface area contributed by atoms with Crippen molar-refractivity contribution in [2.45, 2.75) is 6.10 Å². The molecule has 0 saturated carbocycles. The highest BCUT2D eigenvalue weighted by Gasteiger charge is 2.12. The van der Waals surface area contributed by atoms with Crippen LogP contribution in [0.5, 0.6) is 0 Å². The Morgan fingerprint density at radius 1 is 1.12 bits per heavy atom. The summed E-state index contributed by atoms with van der Waals surface area (Å²) in [7, 11) is 0. The Kier molecular flexibility index (Phi) is 4.79.